The molecule has 2 atom stereocenters. The summed E-state index contributed by atoms with van der Waals surface area (Å²) in [6, 6.07) is 7.34. The maximum atomic E-state index is 12.2. The van der Waals surface area contributed by atoms with Crippen molar-refractivity contribution >= 4 is 11.7 Å². The zero-order chi connectivity index (χ0) is 16.9. The number of ketones is 1. The minimum atomic E-state index is -0.220. The molecule has 1 heterocycles. The molecular weight excluding hydrogens is 306 g/mol. The molecule has 2 aliphatic rings. The number of hydrazine groups is 1. The topological polar surface area (TPSA) is 79.5 Å². The van der Waals surface area contributed by atoms with Gasteiger partial charge in [-0.25, -0.2) is 5.43 Å². The number of Topliss-reactive ketones (excluding diaryl/α,β-unsaturated/α-hetero) is 1. The number of ether oxygens (including phenoxy) is 1. The third-order valence-electron chi connectivity index (χ3n) is 4.69. The van der Waals surface area contributed by atoms with Gasteiger partial charge in [-0.1, -0.05) is 25.0 Å². The zero-order valence-corrected chi connectivity index (χ0v) is 14.0. The molecule has 24 heavy (non-hydrogen) atoms. The first kappa shape index (κ1) is 16.9. The van der Waals surface area contributed by atoms with Crippen LogP contribution in [0.3, 0.4) is 0 Å². The second kappa shape index (κ2) is 7.77. The van der Waals surface area contributed by atoms with Gasteiger partial charge in [-0.2, -0.15) is 0 Å². The van der Waals surface area contributed by atoms with Crippen molar-refractivity contribution < 1.29 is 14.3 Å². The van der Waals surface area contributed by atoms with Gasteiger partial charge >= 0.3 is 0 Å². The lowest BCUT2D eigenvalue weighted by Crippen LogP contribution is -2.46. The van der Waals surface area contributed by atoms with Gasteiger partial charge in [0.25, 0.3) is 0 Å². The van der Waals surface area contributed by atoms with Crippen molar-refractivity contribution in [3.63, 3.8) is 0 Å². The molecule has 2 unspecified atom stereocenters. The maximum Gasteiger partial charge on any atom is 0.238 e. The van der Waals surface area contributed by atoms with Gasteiger partial charge in [0.15, 0.2) is 5.78 Å². The number of carbonyl (C=O) groups is 2. The van der Waals surface area contributed by atoms with Gasteiger partial charge in [-0.05, 0) is 38.3 Å². The Kier molecular flexibility index (Phi) is 5.48. The summed E-state index contributed by atoms with van der Waals surface area (Å²) < 4.78 is 5.76. The van der Waals surface area contributed by atoms with Gasteiger partial charge in [0.2, 0.25) is 5.91 Å². The van der Waals surface area contributed by atoms with Crippen LogP contribution in [-0.4, -0.2) is 36.4 Å². The van der Waals surface area contributed by atoms with Crippen LogP contribution in [0.2, 0.25) is 0 Å². The van der Waals surface area contributed by atoms with E-state index in [0.29, 0.717) is 30.4 Å². The number of carbonyl (C=O) groups excluding carboxylic acids is 2. The van der Waals surface area contributed by atoms with Crippen molar-refractivity contribution in [2.75, 3.05) is 6.61 Å². The fourth-order valence-corrected chi connectivity index (χ4v) is 3.28. The first-order valence-corrected chi connectivity index (χ1v) is 8.67. The first-order chi connectivity index (χ1) is 11.6. The van der Waals surface area contributed by atoms with E-state index in [1.165, 1.54) is 19.8 Å². The highest BCUT2D eigenvalue weighted by Gasteiger charge is 2.31. The Balaban J connectivity index is 1.45. The lowest BCUT2D eigenvalue weighted by Gasteiger charge is -2.15. The summed E-state index contributed by atoms with van der Waals surface area (Å²) in [7, 11) is 0. The molecule has 0 spiro atoms. The minimum Gasteiger partial charge on any atom is -0.492 e. The maximum absolute atomic E-state index is 12.2. The Bertz CT molecular complexity index is 599. The average Bonchev–Trinajstić information content (AvgIpc) is 3.24. The van der Waals surface area contributed by atoms with Crippen LogP contribution in [0.25, 0.3) is 0 Å². The average molecular weight is 331 g/mol. The van der Waals surface area contributed by atoms with E-state index in [-0.39, 0.29) is 23.8 Å². The molecule has 6 heteroatoms. The number of amides is 1. The third kappa shape index (κ3) is 4.33. The Morgan fingerprint density at radius 3 is 2.79 bits per heavy atom. The van der Waals surface area contributed by atoms with Crippen LogP contribution in [-0.2, 0) is 4.79 Å². The number of nitrogens with one attached hydrogen (secondary N) is 3. The molecule has 1 saturated heterocycles. The van der Waals surface area contributed by atoms with E-state index in [4.69, 9.17) is 4.74 Å². The van der Waals surface area contributed by atoms with Crippen molar-refractivity contribution in [3.05, 3.63) is 29.8 Å². The third-order valence-corrected chi connectivity index (χ3v) is 4.69. The highest BCUT2D eigenvalue weighted by atomic mass is 16.5. The van der Waals surface area contributed by atoms with E-state index < -0.39 is 0 Å². The number of benzene rings is 1. The largest absolute Gasteiger partial charge is 0.492 e. The van der Waals surface area contributed by atoms with Crippen molar-refractivity contribution in [1.82, 2.24) is 16.2 Å². The molecule has 6 nitrogen and oxygen atoms in total. The van der Waals surface area contributed by atoms with Crippen LogP contribution in [0, 0.1) is 0 Å². The van der Waals surface area contributed by atoms with E-state index in [1.807, 2.05) is 12.1 Å². The lowest BCUT2D eigenvalue weighted by atomic mass is 10.1. The summed E-state index contributed by atoms with van der Waals surface area (Å²) in [6.45, 7) is 1.98. The van der Waals surface area contributed by atoms with Gasteiger partial charge in [0, 0.05) is 11.6 Å². The molecule has 1 aliphatic carbocycles. The van der Waals surface area contributed by atoms with Gasteiger partial charge in [0.1, 0.15) is 18.4 Å². The lowest BCUT2D eigenvalue weighted by molar-refractivity contribution is -0.123. The van der Waals surface area contributed by atoms with Crippen LogP contribution in [0.5, 0.6) is 5.75 Å². The molecule has 3 rings (SSSR count). The summed E-state index contributed by atoms with van der Waals surface area (Å²) >= 11 is 0. The molecule has 1 amide bonds. The van der Waals surface area contributed by atoms with E-state index >= 15 is 0 Å². The molecule has 2 fully saturated rings. The van der Waals surface area contributed by atoms with Gasteiger partial charge in [-0.15, -0.1) is 0 Å². The Morgan fingerprint density at radius 1 is 1.25 bits per heavy atom. The molecule has 0 radical (unpaired) electrons. The van der Waals surface area contributed by atoms with E-state index in [2.05, 4.69) is 16.2 Å². The molecule has 3 N–H and O–H groups in total. The van der Waals surface area contributed by atoms with E-state index in [9.17, 15) is 9.59 Å². The van der Waals surface area contributed by atoms with Crippen LogP contribution in [0.4, 0.5) is 0 Å². The fourth-order valence-electron chi connectivity index (χ4n) is 3.28. The summed E-state index contributed by atoms with van der Waals surface area (Å²) in [5, 5.41) is 3.12. The standard InChI is InChI=1S/C18H25N3O3/c1-12(22)13-5-4-8-16(9-13)24-11-15-10-17(21-20-15)18(23)19-14-6-2-3-7-14/h4-5,8-9,14-15,17,20-21H,2-3,6-7,10-11H2,1H3,(H,19,23). The summed E-state index contributed by atoms with van der Waals surface area (Å²) in [4.78, 5) is 23.6. The predicted octanol–water partition coefficient (Wildman–Crippen LogP) is 1.56. The monoisotopic (exact) mass is 331 g/mol. The Hall–Kier alpha value is -1.92. The molecular formula is C18H25N3O3. The quantitative estimate of drug-likeness (QED) is 0.690. The van der Waals surface area contributed by atoms with Gasteiger partial charge < -0.3 is 10.1 Å². The molecule has 1 aliphatic heterocycles. The highest BCUT2D eigenvalue weighted by molar-refractivity contribution is 5.94. The number of hydrogen-bond acceptors (Lipinski definition) is 5. The minimum absolute atomic E-state index is 0.0183. The second-order valence-electron chi connectivity index (χ2n) is 6.66. The van der Waals surface area contributed by atoms with Crippen molar-refractivity contribution in [1.29, 1.82) is 0 Å². The van der Waals surface area contributed by atoms with Crippen LogP contribution in [0.1, 0.15) is 49.4 Å². The SMILES string of the molecule is CC(=O)c1cccc(OCC2CC(C(=O)NC3CCCC3)NN2)c1. The van der Waals surface area contributed by atoms with Crippen molar-refractivity contribution in [3.8, 4) is 5.75 Å². The van der Waals surface area contributed by atoms with E-state index in [0.717, 1.165) is 12.8 Å². The van der Waals surface area contributed by atoms with Crippen LogP contribution < -0.4 is 20.9 Å². The fraction of sp³-hybridized carbons (Fsp3) is 0.556. The molecule has 1 aromatic rings. The molecule has 130 valence electrons. The predicted molar refractivity (Wildman–Crippen MR) is 90.8 cm³/mol. The second-order valence-corrected chi connectivity index (χ2v) is 6.66. The Morgan fingerprint density at radius 2 is 2.04 bits per heavy atom. The summed E-state index contributed by atoms with van der Waals surface area (Å²) in [5.41, 5.74) is 6.81. The molecule has 1 saturated carbocycles. The van der Waals surface area contributed by atoms with Gasteiger partial charge in [0.05, 0.1) is 6.04 Å². The smallest absolute Gasteiger partial charge is 0.238 e. The Labute approximate surface area is 142 Å². The summed E-state index contributed by atoms with van der Waals surface area (Å²) in [6.07, 6.45) is 5.27. The molecule has 1 aromatic carbocycles. The normalized spacial score (nSPS) is 24.0. The molecule has 0 bridgehead atoms. The zero-order valence-electron chi connectivity index (χ0n) is 14.0. The van der Waals surface area contributed by atoms with Crippen molar-refractivity contribution in [2.45, 2.75) is 57.2 Å². The van der Waals surface area contributed by atoms with Gasteiger partial charge in [-0.3, -0.25) is 15.0 Å². The highest BCUT2D eigenvalue weighted by Crippen LogP contribution is 2.19. The van der Waals surface area contributed by atoms with E-state index in [1.54, 1.807) is 12.1 Å². The number of hydrogen-bond donors (Lipinski definition) is 3. The molecule has 0 aromatic heterocycles. The van der Waals surface area contributed by atoms with Crippen LogP contribution >= 0.6 is 0 Å². The first-order valence-electron chi connectivity index (χ1n) is 8.67. The summed E-state index contributed by atoms with van der Waals surface area (Å²) in [5.74, 6) is 0.753. The van der Waals surface area contributed by atoms with Crippen LogP contribution in [0.15, 0.2) is 24.3 Å². The number of rotatable bonds is 6. The van der Waals surface area contributed by atoms with Crippen molar-refractivity contribution in [2.24, 2.45) is 0 Å².